The zero-order chi connectivity index (χ0) is 28.4. The number of para-hydroxylation sites is 1. The van der Waals surface area contributed by atoms with E-state index in [1.807, 2.05) is 87.5 Å². The molecule has 1 aliphatic heterocycles. The van der Waals surface area contributed by atoms with E-state index in [4.69, 9.17) is 6.57 Å². The van der Waals surface area contributed by atoms with Crippen LogP contribution in [0.3, 0.4) is 0 Å². The summed E-state index contributed by atoms with van der Waals surface area (Å²) in [7, 11) is 0. The lowest BCUT2D eigenvalue weighted by atomic mass is 10.0. The van der Waals surface area contributed by atoms with Gasteiger partial charge in [-0.1, -0.05) is 72.3 Å². The second kappa shape index (κ2) is 9.04. The molecule has 2 amide bonds. The Morgan fingerprint density at radius 2 is 1.34 bits per heavy atom. The van der Waals surface area contributed by atoms with Crippen LogP contribution >= 0.6 is 0 Å². The highest BCUT2D eigenvalue weighted by molar-refractivity contribution is 6.36. The summed E-state index contributed by atoms with van der Waals surface area (Å²) < 4.78 is 2.10. The normalized spacial score (nSPS) is 12.8. The van der Waals surface area contributed by atoms with Crippen molar-refractivity contribution in [3.05, 3.63) is 136 Å². The topological polar surface area (TPSA) is 46.7 Å². The molecule has 0 N–H and O–H groups in total. The van der Waals surface area contributed by atoms with Crippen molar-refractivity contribution >= 4 is 45.0 Å². The first-order valence-corrected chi connectivity index (χ1v) is 13.5. The first kappa shape index (κ1) is 24.6. The molecule has 0 saturated heterocycles. The molecule has 6 aromatic rings. The van der Waals surface area contributed by atoms with Gasteiger partial charge in [0, 0.05) is 10.8 Å². The zero-order valence-corrected chi connectivity index (χ0v) is 22.9. The van der Waals surface area contributed by atoms with Crippen molar-refractivity contribution in [2.45, 2.75) is 20.8 Å². The van der Waals surface area contributed by atoms with Gasteiger partial charge in [0.1, 0.15) is 0 Å². The Hall–Kier alpha value is -5.47. The van der Waals surface area contributed by atoms with Crippen LogP contribution in [0.15, 0.2) is 97.1 Å². The van der Waals surface area contributed by atoms with E-state index >= 15 is 0 Å². The average molecular weight is 532 g/mol. The number of rotatable bonds is 3. The Balaban J connectivity index is 1.44. The maximum absolute atomic E-state index is 14.1. The SMILES string of the molecule is [C-]#[N+]c1ccc(-c2ccc3c(c2)c2ccccc2n3-c2cccc3c2C(=O)N(c2c(C)cc(C)cc2C)C3=O)cc1. The number of hydrogen-bond donors (Lipinski definition) is 0. The van der Waals surface area contributed by atoms with Crippen LogP contribution in [0.1, 0.15) is 37.4 Å². The molecule has 1 aromatic heterocycles. The van der Waals surface area contributed by atoms with E-state index in [0.717, 1.165) is 49.6 Å². The molecule has 0 bridgehead atoms. The molecule has 0 unspecified atom stereocenters. The Morgan fingerprint density at radius 1 is 0.659 bits per heavy atom. The summed E-state index contributed by atoms with van der Waals surface area (Å²) >= 11 is 0. The minimum atomic E-state index is -0.307. The predicted octanol–water partition coefficient (Wildman–Crippen LogP) is 8.73. The van der Waals surface area contributed by atoms with Gasteiger partial charge in [-0.3, -0.25) is 9.59 Å². The molecule has 41 heavy (non-hydrogen) atoms. The van der Waals surface area contributed by atoms with Gasteiger partial charge in [-0.15, -0.1) is 0 Å². The van der Waals surface area contributed by atoms with Crippen molar-refractivity contribution in [1.82, 2.24) is 4.57 Å². The summed E-state index contributed by atoms with van der Waals surface area (Å²) in [5.41, 5.74) is 9.62. The van der Waals surface area contributed by atoms with Crippen LogP contribution < -0.4 is 4.90 Å². The van der Waals surface area contributed by atoms with E-state index in [-0.39, 0.29) is 11.8 Å². The molecule has 1 aliphatic rings. The van der Waals surface area contributed by atoms with E-state index < -0.39 is 0 Å². The molecule has 0 aliphatic carbocycles. The van der Waals surface area contributed by atoms with Gasteiger partial charge in [-0.2, -0.15) is 0 Å². The smallest absolute Gasteiger partial charge is 0.268 e. The van der Waals surface area contributed by atoms with E-state index in [1.54, 1.807) is 6.07 Å². The minimum Gasteiger partial charge on any atom is -0.308 e. The van der Waals surface area contributed by atoms with Crippen LogP contribution in [0.2, 0.25) is 0 Å². The molecule has 5 aromatic carbocycles. The van der Waals surface area contributed by atoms with Crippen LogP contribution in [-0.4, -0.2) is 16.4 Å². The van der Waals surface area contributed by atoms with E-state index in [0.29, 0.717) is 28.2 Å². The third-order valence-electron chi connectivity index (χ3n) is 8.00. The van der Waals surface area contributed by atoms with Gasteiger partial charge in [-0.25, -0.2) is 9.74 Å². The summed E-state index contributed by atoms with van der Waals surface area (Å²) in [6, 6.07) is 31.5. The lowest BCUT2D eigenvalue weighted by Gasteiger charge is -2.20. The average Bonchev–Trinajstić information content (AvgIpc) is 3.44. The number of fused-ring (bicyclic) bond motifs is 4. The highest BCUT2D eigenvalue weighted by Gasteiger charge is 2.40. The number of hydrogen-bond acceptors (Lipinski definition) is 2. The van der Waals surface area contributed by atoms with Crippen molar-refractivity contribution in [3.8, 4) is 16.8 Å². The van der Waals surface area contributed by atoms with Crippen LogP contribution in [0.5, 0.6) is 0 Å². The quantitative estimate of drug-likeness (QED) is 0.169. The molecule has 196 valence electrons. The second-order valence-corrected chi connectivity index (χ2v) is 10.6. The van der Waals surface area contributed by atoms with Gasteiger partial charge < -0.3 is 4.57 Å². The number of amides is 2. The number of carbonyl (C=O) groups excluding carboxylic acids is 2. The largest absolute Gasteiger partial charge is 0.308 e. The van der Waals surface area contributed by atoms with Crippen LogP contribution in [-0.2, 0) is 0 Å². The third-order valence-corrected chi connectivity index (χ3v) is 8.00. The first-order chi connectivity index (χ1) is 19.9. The molecule has 0 radical (unpaired) electrons. The van der Waals surface area contributed by atoms with Gasteiger partial charge in [0.05, 0.1) is 40.1 Å². The fourth-order valence-electron chi connectivity index (χ4n) is 6.32. The number of anilines is 1. The van der Waals surface area contributed by atoms with E-state index in [9.17, 15) is 9.59 Å². The van der Waals surface area contributed by atoms with Crippen molar-refractivity contribution in [3.63, 3.8) is 0 Å². The van der Waals surface area contributed by atoms with Crippen molar-refractivity contribution in [1.29, 1.82) is 0 Å². The number of carbonyl (C=O) groups is 2. The molecule has 7 rings (SSSR count). The van der Waals surface area contributed by atoms with Gasteiger partial charge in [0.2, 0.25) is 0 Å². The molecule has 0 atom stereocenters. The van der Waals surface area contributed by atoms with E-state index in [1.165, 1.54) is 4.90 Å². The highest BCUT2D eigenvalue weighted by atomic mass is 16.2. The lowest BCUT2D eigenvalue weighted by molar-refractivity contribution is 0.0925. The zero-order valence-electron chi connectivity index (χ0n) is 22.9. The number of nitrogens with zero attached hydrogens (tertiary/aromatic N) is 3. The van der Waals surface area contributed by atoms with Crippen LogP contribution in [0.4, 0.5) is 11.4 Å². The van der Waals surface area contributed by atoms with Crippen LogP contribution in [0, 0.1) is 27.3 Å². The van der Waals surface area contributed by atoms with Crippen molar-refractivity contribution in [2.75, 3.05) is 4.90 Å². The Morgan fingerprint density at radius 3 is 2.07 bits per heavy atom. The molecule has 0 saturated carbocycles. The molecule has 2 heterocycles. The molecule has 5 nitrogen and oxygen atoms in total. The third kappa shape index (κ3) is 3.62. The number of aryl methyl sites for hydroxylation is 3. The Labute approximate surface area is 237 Å². The van der Waals surface area contributed by atoms with Gasteiger partial charge in [0.25, 0.3) is 11.8 Å². The fourth-order valence-corrected chi connectivity index (χ4v) is 6.32. The Kier molecular flexibility index (Phi) is 5.42. The fraction of sp³-hybridized carbons (Fsp3) is 0.0833. The lowest BCUT2D eigenvalue weighted by Crippen LogP contribution is -2.31. The second-order valence-electron chi connectivity index (χ2n) is 10.6. The van der Waals surface area contributed by atoms with Gasteiger partial charge in [-0.05, 0) is 73.4 Å². The number of aromatic nitrogens is 1. The monoisotopic (exact) mass is 531 g/mol. The molecule has 0 spiro atoms. The molecule has 5 heteroatoms. The summed E-state index contributed by atoms with van der Waals surface area (Å²) in [4.78, 5) is 32.8. The minimum absolute atomic E-state index is 0.298. The summed E-state index contributed by atoms with van der Waals surface area (Å²) in [5.74, 6) is -0.606. The van der Waals surface area contributed by atoms with E-state index in [2.05, 4.69) is 33.7 Å². The maximum Gasteiger partial charge on any atom is 0.268 e. The van der Waals surface area contributed by atoms with Crippen LogP contribution in [0.25, 0.3) is 43.5 Å². The van der Waals surface area contributed by atoms with Crippen molar-refractivity contribution in [2.24, 2.45) is 0 Å². The standard InChI is InChI=1S/C36H25N3O2/c1-21-18-22(2)34(23(3)19-21)39-35(40)28-9-7-11-32(33(28)36(39)41)38-30-10-6-5-8-27(30)29-20-25(14-17-31(29)38)24-12-15-26(37-4)16-13-24/h5-20H,1-3H3. The maximum atomic E-state index is 14.1. The number of imide groups is 1. The van der Waals surface area contributed by atoms with Crippen molar-refractivity contribution < 1.29 is 9.59 Å². The Bertz CT molecular complexity index is 2100. The molecule has 0 fully saturated rings. The summed E-state index contributed by atoms with van der Waals surface area (Å²) in [6.45, 7) is 13.1. The summed E-state index contributed by atoms with van der Waals surface area (Å²) in [6.07, 6.45) is 0. The molecular formula is C36H25N3O2. The first-order valence-electron chi connectivity index (χ1n) is 13.5. The van der Waals surface area contributed by atoms with Gasteiger partial charge >= 0.3 is 0 Å². The molecular weight excluding hydrogens is 506 g/mol. The van der Waals surface area contributed by atoms with Gasteiger partial charge in [0.15, 0.2) is 5.69 Å². The summed E-state index contributed by atoms with van der Waals surface area (Å²) in [5, 5.41) is 2.10. The number of benzene rings is 5. The highest BCUT2D eigenvalue weighted by Crippen LogP contribution is 2.40. The predicted molar refractivity (Wildman–Crippen MR) is 164 cm³/mol.